The first-order valence-corrected chi connectivity index (χ1v) is 19.6. The number of hydrogen-bond donors (Lipinski definition) is 1. The van der Waals surface area contributed by atoms with Crippen molar-refractivity contribution in [3.63, 3.8) is 0 Å². The number of halogens is 2. The Balaban J connectivity index is 1.41. The van der Waals surface area contributed by atoms with Crippen molar-refractivity contribution in [3.8, 4) is 11.5 Å². The minimum atomic E-state index is -1.29. The van der Waals surface area contributed by atoms with E-state index in [1.54, 1.807) is 12.3 Å². The Labute approximate surface area is 269 Å². The third-order valence-corrected chi connectivity index (χ3v) is 10.1. The highest BCUT2D eigenvalue weighted by molar-refractivity contribution is 6.76. The van der Waals surface area contributed by atoms with Crippen LogP contribution in [0.3, 0.4) is 0 Å². The summed E-state index contributed by atoms with van der Waals surface area (Å²) in [6.45, 7) is 14.2. The van der Waals surface area contributed by atoms with Gasteiger partial charge >= 0.3 is 0 Å². The molecule has 1 fully saturated rings. The highest BCUT2D eigenvalue weighted by atomic mass is 28.3. The second-order valence-corrected chi connectivity index (χ2v) is 19.4. The van der Waals surface area contributed by atoms with Gasteiger partial charge in [0.05, 0.1) is 25.0 Å². The van der Waals surface area contributed by atoms with E-state index in [9.17, 15) is 9.59 Å². The molecule has 2 aliphatic rings. The molecule has 0 unspecified atom stereocenters. The van der Waals surface area contributed by atoms with E-state index in [0.29, 0.717) is 63.3 Å². The van der Waals surface area contributed by atoms with E-state index >= 15 is 8.78 Å². The van der Waals surface area contributed by atoms with Gasteiger partial charge in [0.1, 0.15) is 18.1 Å². The monoisotopic (exact) mass is 654 g/mol. The summed E-state index contributed by atoms with van der Waals surface area (Å²) in [5.74, 6) is -2.36. The normalized spacial score (nSPS) is 16.2. The lowest BCUT2D eigenvalue weighted by molar-refractivity contribution is -0.130. The maximum absolute atomic E-state index is 15.4. The molecule has 5 rings (SSSR count). The zero-order valence-electron chi connectivity index (χ0n) is 27.4. The van der Waals surface area contributed by atoms with Crippen LogP contribution in [0.25, 0.3) is 16.6 Å². The summed E-state index contributed by atoms with van der Waals surface area (Å²) in [6, 6.07) is 4.86. The van der Waals surface area contributed by atoms with Crippen LogP contribution >= 0.6 is 0 Å². The Morgan fingerprint density at radius 1 is 1.17 bits per heavy atom. The van der Waals surface area contributed by atoms with Gasteiger partial charge in [-0.3, -0.25) is 9.59 Å². The van der Waals surface area contributed by atoms with Gasteiger partial charge in [0.15, 0.2) is 17.4 Å². The predicted octanol–water partition coefficient (Wildman–Crippen LogP) is 6.14. The molecule has 3 aromatic rings. The fraction of sp³-hybridized carbons (Fsp3) is 0.500. The predicted molar refractivity (Wildman–Crippen MR) is 175 cm³/mol. The second-order valence-electron chi connectivity index (χ2n) is 13.8. The molecule has 0 atom stereocenters. The van der Waals surface area contributed by atoms with E-state index in [1.807, 2.05) is 35.6 Å². The van der Waals surface area contributed by atoms with Crippen LogP contribution in [0.5, 0.6) is 11.5 Å². The zero-order chi connectivity index (χ0) is 33.1. The summed E-state index contributed by atoms with van der Waals surface area (Å²) in [4.78, 5) is 31.2. The minimum absolute atomic E-state index is 0.0911. The van der Waals surface area contributed by atoms with Crippen molar-refractivity contribution in [2.75, 3.05) is 39.5 Å². The molecule has 1 aromatic carbocycles. The quantitative estimate of drug-likeness (QED) is 0.176. The standard InChI is InChI=1S/C34H44F2N4O5Si/c1-6-30(42)39-11-8-24(9-12-39)25-18-40(22-43-13-14-46(3,4)5)33-31(25)28(7-10-37-33)45-32-26(35)15-23(16-27(32)36)17-29(41)38-19-34(2)20-44-21-34/h7-8,10,15-16,18H,6,9,11-14,17,19-22H2,1-5H3,(H,38,41). The number of pyridine rings is 1. The summed E-state index contributed by atoms with van der Waals surface area (Å²) in [7, 11) is -1.29. The molecule has 46 heavy (non-hydrogen) atoms. The van der Waals surface area contributed by atoms with Gasteiger partial charge in [-0.25, -0.2) is 13.8 Å². The smallest absolute Gasteiger partial charge is 0.224 e. The zero-order valence-corrected chi connectivity index (χ0v) is 28.4. The number of amides is 2. The molecule has 1 N–H and O–H groups in total. The minimum Gasteiger partial charge on any atom is -0.450 e. The highest BCUT2D eigenvalue weighted by Gasteiger charge is 2.33. The molecule has 248 valence electrons. The Hall–Kier alpha value is -3.61. The topological polar surface area (TPSA) is 94.9 Å². The summed E-state index contributed by atoms with van der Waals surface area (Å²) in [5.41, 5.74) is 2.46. The fourth-order valence-corrected chi connectivity index (χ4v) is 6.31. The second kappa shape index (κ2) is 14.0. The van der Waals surface area contributed by atoms with Crippen LogP contribution in [0.15, 0.2) is 36.7 Å². The number of rotatable bonds is 13. The summed E-state index contributed by atoms with van der Waals surface area (Å²) >= 11 is 0. The van der Waals surface area contributed by atoms with E-state index in [0.717, 1.165) is 29.3 Å². The van der Waals surface area contributed by atoms with Crippen LogP contribution in [0.4, 0.5) is 8.78 Å². The van der Waals surface area contributed by atoms with Crippen molar-refractivity contribution in [3.05, 3.63) is 59.4 Å². The third-order valence-electron chi connectivity index (χ3n) is 8.40. The lowest BCUT2D eigenvalue weighted by Gasteiger charge is -2.38. The van der Waals surface area contributed by atoms with Crippen molar-refractivity contribution in [2.45, 2.75) is 65.5 Å². The first-order valence-electron chi connectivity index (χ1n) is 15.9. The third kappa shape index (κ3) is 8.02. The summed E-state index contributed by atoms with van der Waals surface area (Å²) in [5, 5.41) is 3.43. The van der Waals surface area contributed by atoms with Gasteiger partial charge in [-0.05, 0) is 41.8 Å². The van der Waals surface area contributed by atoms with Crippen LogP contribution in [-0.4, -0.2) is 73.8 Å². The van der Waals surface area contributed by atoms with Gasteiger partial charge in [0.25, 0.3) is 0 Å². The maximum atomic E-state index is 15.4. The Morgan fingerprint density at radius 3 is 2.52 bits per heavy atom. The van der Waals surface area contributed by atoms with E-state index < -0.39 is 25.5 Å². The van der Waals surface area contributed by atoms with Crippen molar-refractivity contribution in [2.24, 2.45) is 5.41 Å². The van der Waals surface area contributed by atoms with E-state index in [2.05, 4.69) is 29.9 Å². The van der Waals surface area contributed by atoms with Gasteiger partial charge in [-0.1, -0.05) is 39.6 Å². The average molecular weight is 655 g/mol. The molecule has 0 aliphatic carbocycles. The molecule has 4 heterocycles. The SMILES string of the molecule is CCC(=O)N1CC=C(c2cn(COCC[Si](C)(C)C)c3nccc(Oc4c(F)cc(CC(=O)NCC5(C)COC5)cc4F)c23)CC1. The fourth-order valence-electron chi connectivity index (χ4n) is 5.55. The van der Waals surface area contributed by atoms with Crippen LogP contribution in [0, 0.1) is 17.0 Å². The van der Waals surface area contributed by atoms with Crippen LogP contribution in [0.2, 0.25) is 25.7 Å². The number of fused-ring (bicyclic) bond motifs is 1. The molecule has 1 saturated heterocycles. The summed E-state index contributed by atoms with van der Waals surface area (Å²) in [6.07, 6.45) is 6.38. The van der Waals surface area contributed by atoms with Gasteiger partial charge in [-0.15, -0.1) is 0 Å². The molecule has 0 saturated carbocycles. The lowest BCUT2D eigenvalue weighted by Crippen LogP contribution is -2.48. The van der Waals surface area contributed by atoms with Gasteiger partial charge in [0, 0.05) is 64.1 Å². The first-order chi connectivity index (χ1) is 21.9. The van der Waals surface area contributed by atoms with E-state index in [-0.39, 0.29) is 41.7 Å². The molecular weight excluding hydrogens is 610 g/mol. The van der Waals surface area contributed by atoms with Crippen molar-refractivity contribution < 1.29 is 32.6 Å². The molecule has 0 spiro atoms. The largest absolute Gasteiger partial charge is 0.450 e. The Morgan fingerprint density at radius 2 is 1.91 bits per heavy atom. The number of hydrogen-bond acceptors (Lipinski definition) is 6. The van der Waals surface area contributed by atoms with Crippen molar-refractivity contribution >= 4 is 36.5 Å². The molecule has 2 amide bonds. The maximum Gasteiger partial charge on any atom is 0.224 e. The van der Waals surface area contributed by atoms with Crippen molar-refractivity contribution in [1.82, 2.24) is 19.8 Å². The van der Waals surface area contributed by atoms with Gasteiger partial charge in [0.2, 0.25) is 11.8 Å². The molecule has 2 aromatic heterocycles. The van der Waals surface area contributed by atoms with Crippen LogP contribution in [-0.2, 0) is 32.2 Å². The number of carbonyl (C=O) groups is 2. The molecule has 0 bridgehead atoms. The molecule has 9 nitrogen and oxygen atoms in total. The number of aromatic nitrogens is 2. The number of nitrogens with one attached hydrogen (secondary N) is 1. The number of benzene rings is 1. The molecular formula is C34H44F2N4O5Si. The summed E-state index contributed by atoms with van der Waals surface area (Å²) < 4.78 is 49.9. The molecule has 2 aliphatic heterocycles. The highest BCUT2D eigenvalue weighted by Crippen LogP contribution is 2.39. The van der Waals surface area contributed by atoms with Crippen LogP contribution < -0.4 is 10.1 Å². The number of carbonyl (C=O) groups excluding carboxylic acids is 2. The van der Waals surface area contributed by atoms with E-state index in [4.69, 9.17) is 14.2 Å². The average Bonchev–Trinajstić information content (AvgIpc) is 3.37. The Kier molecular flexibility index (Phi) is 10.3. The van der Waals surface area contributed by atoms with Gasteiger partial charge < -0.3 is 29.0 Å². The Bertz CT molecular complexity index is 1610. The van der Waals surface area contributed by atoms with Crippen molar-refractivity contribution in [1.29, 1.82) is 0 Å². The first kappa shape index (κ1) is 33.7. The number of nitrogens with zero attached hydrogens (tertiary/aromatic N) is 3. The van der Waals surface area contributed by atoms with Crippen LogP contribution in [0.1, 0.15) is 37.8 Å². The number of ether oxygens (including phenoxy) is 3. The van der Waals surface area contributed by atoms with E-state index in [1.165, 1.54) is 0 Å². The van der Waals surface area contributed by atoms with Gasteiger partial charge in [-0.2, -0.15) is 0 Å². The molecule has 12 heteroatoms. The lowest BCUT2D eigenvalue weighted by atomic mass is 9.89. The molecule has 0 radical (unpaired) electrons.